The van der Waals surface area contributed by atoms with Crippen molar-refractivity contribution in [3.8, 4) is 55.9 Å². The fourth-order valence-corrected chi connectivity index (χ4v) is 10.8. The van der Waals surface area contributed by atoms with E-state index >= 15 is 0 Å². The number of rotatable bonds is 14. The summed E-state index contributed by atoms with van der Waals surface area (Å²) < 4.78 is 25.6. The minimum atomic E-state index is -1.58. The van der Waals surface area contributed by atoms with Gasteiger partial charge in [-0.1, -0.05) is 120 Å². The molecule has 0 spiro atoms. The monoisotopic (exact) mass is 1190 g/mol. The van der Waals surface area contributed by atoms with Crippen molar-refractivity contribution in [2.75, 3.05) is 13.2 Å². The molecule has 13 rings (SSSR count). The predicted octanol–water partition coefficient (Wildman–Crippen LogP) is 4.37. The van der Waals surface area contributed by atoms with Crippen molar-refractivity contribution in [2.24, 2.45) is 0 Å². The molecule has 10 atom stereocenters. The molecule has 0 unspecified atom stereocenters. The molecule has 0 saturated carbocycles. The summed E-state index contributed by atoms with van der Waals surface area (Å²) in [6.07, 6.45) is -2.86. The molecule has 0 amide bonds. The van der Waals surface area contributed by atoms with Crippen LogP contribution in [-0.4, -0.2) is 155 Å². The van der Waals surface area contributed by atoms with Crippen LogP contribution in [0.15, 0.2) is 146 Å². The molecule has 9 heterocycles. The summed E-state index contributed by atoms with van der Waals surface area (Å²) in [6.45, 7) is -1.46. The van der Waals surface area contributed by atoms with E-state index in [1.807, 2.05) is 158 Å². The zero-order valence-electron chi connectivity index (χ0n) is 45.2. The quantitative estimate of drug-likeness (QED) is 0.0701. The van der Waals surface area contributed by atoms with E-state index < -0.39 is 74.6 Å². The Morgan fingerprint density at radius 3 is 1.07 bits per heavy atom. The zero-order chi connectivity index (χ0) is 57.6. The summed E-state index contributed by atoms with van der Waals surface area (Å²) in [5.41, 5.74) is 14.2. The van der Waals surface area contributed by atoms with Gasteiger partial charge in [-0.05, 0) is 93.1 Å². The van der Waals surface area contributed by atoms with E-state index in [0.29, 0.717) is 67.6 Å². The summed E-state index contributed by atoms with van der Waals surface area (Å²) in [4.78, 5) is 21.5. The number of fused-ring (bicyclic) bond motifs is 8. The van der Waals surface area contributed by atoms with Crippen LogP contribution in [0.1, 0.15) is 34.2 Å². The topological polar surface area (TPSA) is 314 Å². The molecule has 22 nitrogen and oxygen atoms in total. The molecule has 23 heteroatoms. The second-order valence-corrected chi connectivity index (χ2v) is 20.5. The third kappa shape index (κ3) is 11.3. The Morgan fingerprint density at radius 1 is 0.412 bits per heavy atom. The van der Waals surface area contributed by atoms with Gasteiger partial charge in [-0.25, -0.2) is 19.3 Å². The molecule has 8 bridgehead atoms. The van der Waals surface area contributed by atoms with Crippen LogP contribution < -0.4 is 9.97 Å². The molecule has 4 aromatic carbocycles. The first-order chi connectivity index (χ1) is 41.0. The number of aliphatic hydroxyl groups excluding tert-OH is 8. The smallest absolute Gasteiger partial charge is 0.657 e. The van der Waals surface area contributed by atoms with E-state index in [9.17, 15) is 40.9 Å². The zero-order valence-corrected chi connectivity index (χ0v) is 48.1. The van der Waals surface area contributed by atoms with Gasteiger partial charge in [-0.2, -0.15) is 0 Å². The van der Waals surface area contributed by atoms with Crippen molar-refractivity contribution in [3.63, 3.8) is 0 Å². The molecule has 0 aliphatic carbocycles. The maximum absolute atomic E-state index is 10.5. The van der Waals surface area contributed by atoms with Crippen molar-refractivity contribution in [2.45, 2.75) is 74.6 Å². The minimum Gasteiger partial charge on any atom is -0.657 e. The van der Waals surface area contributed by atoms with Gasteiger partial charge in [0, 0.05) is 0 Å². The van der Waals surface area contributed by atoms with E-state index in [2.05, 4.69) is 20.6 Å². The number of hydrogen-bond acceptors (Lipinski definition) is 18. The van der Waals surface area contributed by atoms with Gasteiger partial charge in [-0.3, -0.25) is 0 Å². The normalized spacial score (nSPS) is 22.8. The fraction of sp³-hybridized carbons (Fsp3) is 0.226. The van der Waals surface area contributed by atoms with Crippen LogP contribution in [0.3, 0.4) is 0 Å². The van der Waals surface area contributed by atoms with Gasteiger partial charge in [0.25, 0.3) is 0 Å². The van der Waals surface area contributed by atoms with E-state index in [0.717, 1.165) is 44.5 Å². The van der Waals surface area contributed by atoms with Crippen molar-refractivity contribution in [1.82, 2.24) is 49.9 Å². The summed E-state index contributed by atoms with van der Waals surface area (Å²) >= 11 is 0. The van der Waals surface area contributed by atoms with Gasteiger partial charge >= 0.3 is 19.5 Å². The van der Waals surface area contributed by atoms with Crippen LogP contribution in [0.4, 0.5) is 0 Å². The van der Waals surface area contributed by atoms with Crippen LogP contribution in [0.25, 0.3) is 102 Å². The fourth-order valence-electron chi connectivity index (χ4n) is 10.8. The van der Waals surface area contributed by atoms with Gasteiger partial charge < -0.3 is 69.8 Å². The number of benzene rings is 4. The Kier molecular flexibility index (Phi) is 16.5. The SMILES string of the molecule is OC[C@H]1O[C@H](OCc2cn(-c3ccc(-c4c5nc(c(-c6ccccc6)c6ccc([n-]6)c(-c6ccc(-n7cc(CO[C@H]8O[C@H](CO)[C@@H](O)[C@H](O)[C@@H]8O)nn7)cc6)c6nc(c(-c7ccccc7)c7ccc4[n-]7)C=C6)C=C5)cc3)nn2)[C@@H](O)[C@@H](O)[C@@H]1O.[Zn+2]. The summed E-state index contributed by atoms with van der Waals surface area (Å²) in [6, 6.07) is 43.5. The van der Waals surface area contributed by atoms with Gasteiger partial charge in [0.15, 0.2) is 12.6 Å². The van der Waals surface area contributed by atoms with E-state index in [4.69, 9.17) is 38.9 Å². The third-order valence-electron chi connectivity index (χ3n) is 15.1. The van der Waals surface area contributed by atoms with Gasteiger partial charge in [0.1, 0.15) is 60.2 Å². The molecule has 2 saturated heterocycles. The standard InChI is InChI=1S/C62H54N10O12.Zn/c73-29-49-55(75)57(77)59(79)61(83-49)81-31-37-27-71(69-67-37)39-15-11-35(12-16-39)53-45-23-19-41(63-45)51(33-7-3-1-4-8-33)42-20-24-46(64-42)54(48-26-22-44(66-48)52(34-9-5-2-6-10-34)43-21-25-47(53)65-43)36-13-17-40(18-14-36)72-28-38(68-70-72)32-82-62-60(80)58(78)56(76)50(30-74)84-62;/h1-28,49-50,55-62,73-80H,29-32H2;/q-2;+2/t49-,50-,55-,56-,57+,58+,59+,60+,61+,62+;/m1./s1. The summed E-state index contributed by atoms with van der Waals surface area (Å²) in [5, 5.41) is 98.1. The van der Waals surface area contributed by atoms with E-state index in [-0.39, 0.29) is 32.7 Å². The Balaban J connectivity index is 0.00000709. The van der Waals surface area contributed by atoms with Crippen molar-refractivity contribution in [3.05, 3.63) is 180 Å². The predicted molar refractivity (Wildman–Crippen MR) is 305 cm³/mol. The Morgan fingerprint density at radius 2 is 0.741 bits per heavy atom. The Labute approximate surface area is 497 Å². The van der Waals surface area contributed by atoms with E-state index in [1.54, 1.807) is 21.8 Å². The summed E-state index contributed by atoms with van der Waals surface area (Å²) in [5.74, 6) is 0. The number of ether oxygens (including phenoxy) is 4. The maximum atomic E-state index is 10.5. The average Bonchev–Trinajstić information content (AvgIpc) is 4.62. The maximum Gasteiger partial charge on any atom is 2.00 e. The van der Waals surface area contributed by atoms with E-state index in [1.165, 1.54) is 0 Å². The van der Waals surface area contributed by atoms with Crippen LogP contribution in [-0.2, 0) is 51.6 Å². The molecule has 85 heavy (non-hydrogen) atoms. The average molecular weight is 1200 g/mol. The molecule has 4 aliphatic heterocycles. The minimum absolute atomic E-state index is 0. The molecular weight excluding hydrogens is 1140 g/mol. The Bertz CT molecular complexity index is 3820. The van der Waals surface area contributed by atoms with Crippen molar-refractivity contribution >= 4 is 46.4 Å². The van der Waals surface area contributed by atoms with Crippen LogP contribution >= 0.6 is 0 Å². The molecule has 426 valence electrons. The molecule has 8 N–H and O–H groups in total. The Hall–Kier alpha value is -8.10. The molecule has 5 aromatic heterocycles. The van der Waals surface area contributed by atoms with Crippen LogP contribution in [0, 0.1) is 0 Å². The molecule has 4 aliphatic rings. The molecular formula is C62H54N10O12Zn. The van der Waals surface area contributed by atoms with Crippen molar-refractivity contribution < 1.29 is 79.3 Å². The third-order valence-corrected chi connectivity index (χ3v) is 15.1. The van der Waals surface area contributed by atoms with Crippen LogP contribution in [0.5, 0.6) is 0 Å². The second kappa shape index (κ2) is 24.5. The number of aromatic nitrogens is 10. The largest absolute Gasteiger partial charge is 2.00 e. The number of hydrogen-bond donors (Lipinski definition) is 8. The molecule has 9 aromatic rings. The van der Waals surface area contributed by atoms with Gasteiger partial charge in [0.05, 0.1) is 73.0 Å². The molecule has 2 fully saturated rings. The van der Waals surface area contributed by atoms with Gasteiger partial charge in [-0.15, -0.1) is 32.3 Å². The first-order valence-corrected chi connectivity index (χ1v) is 27.0. The van der Waals surface area contributed by atoms with Crippen molar-refractivity contribution in [1.29, 1.82) is 0 Å². The van der Waals surface area contributed by atoms with Crippen LogP contribution in [0.2, 0.25) is 0 Å². The second-order valence-electron chi connectivity index (χ2n) is 20.5. The number of aliphatic hydroxyl groups is 8. The summed E-state index contributed by atoms with van der Waals surface area (Å²) in [7, 11) is 0. The first-order valence-electron chi connectivity index (χ1n) is 27.0. The first kappa shape index (κ1) is 57.3. The molecule has 0 radical (unpaired) electrons. The van der Waals surface area contributed by atoms with Gasteiger partial charge in [0.2, 0.25) is 0 Å². The number of nitrogens with zero attached hydrogens (tertiary/aromatic N) is 10.